The molecule has 0 fully saturated rings. The van der Waals surface area contributed by atoms with Gasteiger partial charge in [0.15, 0.2) is 0 Å². The molecule has 0 amide bonds. The van der Waals surface area contributed by atoms with Crippen LogP contribution in [0.4, 0.5) is 0 Å². The zero-order valence-corrected chi connectivity index (χ0v) is 9.21. The van der Waals surface area contributed by atoms with Crippen LogP contribution in [0.2, 0.25) is 0 Å². The van der Waals surface area contributed by atoms with Crippen molar-refractivity contribution in [2.75, 3.05) is 13.2 Å². The molecule has 1 rings (SSSR count). The van der Waals surface area contributed by atoms with Gasteiger partial charge in [-0.15, -0.1) is 11.3 Å². The highest BCUT2D eigenvalue weighted by Gasteiger charge is 2.10. The fraction of sp³-hybridized carbons (Fsp3) is 0.667. The van der Waals surface area contributed by atoms with E-state index in [2.05, 4.69) is 10.3 Å². The third-order valence-corrected chi connectivity index (χ3v) is 3.02. The van der Waals surface area contributed by atoms with Crippen LogP contribution in [-0.2, 0) is 0 Å². The van der Waals surface area contributed by atoms with E-state index in [1.165, 1.54) is 0 Å². The lowest BCUT2D eigenvalue weighted by molar-refractivity contribution is 0.0924. The van der Waals surface area contributed by atoms with Crippen molar-refractivity contribution in [3.8, 4) is 0 Å². The Morgan fingerprint density at radius 3 is 2.86 bits per heavy atom. The van der Waals surface area contributed by atoms with Crippen LogP contribution in [0.5, 0.6) is 0 Å². The number of thiazole rings is 1. The smallest absolute Gasteiger partial charge is 0.110 e. The summed E-state index contributed by atoms with van der Waals surface area (Å²) in [6.07, 6.45) is -0.696. The molecule has 1 aromatic rings. The van der Waals surface area contributed by atoms with Gasteiger partial charge >= 0.3 is 0 Å². The molecule has 4 nitrogen and oxygen atoms in total. The summed E-state index contributed by atoms with van der Waals surface area (Å²) in [4.78, 5) is 4.33. The van der Waals surface area contributed by atoms with Crippen LogP contribution in [0, 0.1) is 6.92 Å². The molecular formula is C9H16N2O2S. The first-order valence-electron chi connectivity index (χ1n) is 4.57. The summed E-state index contributed by atoms with van der Waals surface area (Å²) in [5.41, 5.74) is 1.02. The molecule has 3 N–H and O–H groups in total. The summed E-state index contributed by atoms with van der Waals surface area (Å²) >= 11 is 1.60. The van der Waals surface area contributed by atoms with E-state index >= 15 is 0 Å². The number of nitrogens with one attached hydrogen (secondary N) is 1. The van der Waals surface area contributed by atoms with Crippen molar-refractivity contribution in [1.82, 2.24) is 10.3 Å². The van der Waals surface area contributed by atoms with Crippen LogP contribution < -0.4 is 5.32 Å². The lowest BCUT2D eigenvalue weighted by atomic mass is 10.3. The second-order valence-corrected chi connectivity index (χ2v) is 4.18. The third kappa shape index (κ3) is 3.34. The van der Waals surface area contributed by atoms with Gasteiger partial charge in [-0.3, -0.25) is 0 Å². The van der Waals surface area contributed by atoms with Crippen molar-refractivity contribution in [2.45, 2.75) is 26.0 Å². The highest BCUT2D eigenvalue weighted by atomic mass is 32.1. The van der Waals surface area contributed by atoms with Gasteiger partial charge in [0.05, 0.1) is 18.8 Å². The predicted molar refractivity (Wildman–Crippen MR) is 56.4 cm³/mol. The lowest BCUT2D eigenvalue weighted by Crippen LogP contribution is -2.31. The summed E-state index contributed by atoms with van der Waals surface area (Å²) in [6.45, 7) is 4.12. The summed E-state index contributed by atoms with van der Waals surface area (Å²) in [5, 5.41) is 23.9. The third-order valence-electron chi connectivity index (χ3n) is 1.88. The Morgan fingerprint density at radius 1 is 1.64 bits per heavy atom. The molecule has 1 heterocycles. The maximum absolute atomic E-state index is 9.13. The van der Waals surface area contributed by atoms with E-state index in [1.807, 2.05) is 19.2 Å². The van der Waals surface area contributed by atoms with E-state index in [4.69, 9.17) is 10.2 Å². The zero-order chi connectivity index (χ0) is 10.6. The van der Waals surface area contributed by atoms with E-state index in [1.54, 1.807) is 11.3 Å². The Balaban J connectivity index is 2.39. The number of aliphatic hydroxyl groups excluding tert-OH is 2. The monoisotopic (exact) mass is 216 g/mol. The number of aromatic nitrogens is 1. The average molecular weight is 216 g/mol. The molecule has 0 aliphatic rings. The van der Waals surface area contributed by atoms with E-state index in [0.29, 0.717) is 6.54 Å². The fourth-order valence-electron chi connectivity index (χ4n) is 1.04. The Bertz CT molecular complexity index is 278. The molecule has 2 unspecified atom stereocenters. The van der Waals surface area contributed by atoms with Crippen molar-refractivity contribution in [3.63, 3.8) is 0 Å². The van der Waals surface area contributed by atoms with E-state index in [9.17, 15) is 0 Å². The van der Waals surface area contributed by atoms with Crippen LogP contribution in [0.15, 0.2) is 5.38 Å². The summed E-state index contributed by atoms with van der Waals surface area (Å²) in [5.74, 6) is 0. The molecule has 1 aromatic heterocycles. The molecular weight excluding hydrogens is 200 g/mol. The van der Waals surface area contributed by atoms with Gasteiger partial charge in [0.25, 0.3) is 0 Å². The molecule has 0 saturated carbocycles. The van der Waals surface area contributed by atoms with Crippen LogP contribution in [-0.4, -0.2) is 34.5 Å². The topological polar surface area (TPSA) is 65.4 Å². The molecule has 5 heteroatoms. The van der Waals surface area contributed by atoms with Crippen molar-refractivity contribution in [2.24, 2.45) is 0 Å². The van der Waals surface area contributed by atoms with Gasteiger partial charge in [-0.05, 0) is 13.8 Å². The quantitative estimate of drug-likeness (QED) is 0.669. The SMILES string of the molecule is Cc1csc(C(C)NCC(O)CO)n1. The van der Waals surface area contributed by atoms with E-state index < -0.39 is 6.10 Å². The largest absolute Gasteiger partial charge is 0.394 e. The summed E-state index contributed by atoms with van der Waals surface area (Å²) < 4.78 is 0. The maximum Gasteiger partial charge on any atom is 0.110 e. The van der Waals surface area contributed by atoms with Crippen molar-refractivity contribution in [3.05, 3.63) is 16.1 Å². The minimum absolute atomic E-state index is 0.120. The normalized spacial score (nSPS) is 15.4. The first-order chi connectivity index (χ1) is 6.63. The number of hydrogen-bond donors (Lipinski definition) is 3. The molecule has 0 radical (unpaired) electrons. The van der Waals surface area contributed by atoms with Gasteiger partial charge in [0.2, 0.25) is 0 Å². The average Bonchev–Trinajstić information content (AvgIpc) is 2.60. The lowest BCUT2D eigenvalue weighted by Gasteiger charge is -2.13. The minimum Gasteiger partial charge on any atom is -0.394 e. The Morgan fingerprint density at radius 2 is 2.36 bits per heavy atom. The Labute approximate surface area is 87.6 Å². The number of aliphatic hydroxyl groups is 2. The van der Waals surface area contributed by atoms with Gasteiger partial charge in [-0.1, -0.05) is 0 Å². The molecule has 2 atom stereocenters. The molecule has 14 heavy (non-hydrogen) atoms. The second kappa shape index (κ2) is 5.41. The van der Waals surface area contributed by atoms with Gasteiger partial charge in [0.1, 0.15) is 5.01 Å². The molecule has 0 bridgehead atoms. The van der Waals surface area contributed by atoms with E-state index in [0.717, 1.165) is 10.7 Å². The van der Waals surface area contributed by atoms with Gasteiger partial charge in [0, 0.05) is 17.6 Å². The van der Waals surface area contributed by atoms with Crippen molar-refractivity contribution in [1.29, 1.82) is 0 Å². The highest BCUT2D eigenvalue weighted by Crippen LogP contribution is 2.16. The van der Waals surface area contributed by atoms with Crippen molar-refractivity contribution < 1.29 is 10.2 Å². The summed E-state index contributed by atoms with van der Waals surface area (Å²) in [7, 11) is 0. The number of rotatable bonds is 5. The first kappa shape index (κ1) is 11.6. The standard InChI is InChI=1S/C9H16N2O2S/c1-6-5-14-9(11-6)7(2)10-3-8(13)4-12/h5,7-8,10,12-13H,3-4H2,1-2H3. The number of hydrogen-bond acceptors (Lipinski definition) is 5. The van der Waals surface area contributed by atoms with Crippen LogP contribution in [0.25, 0.3) is 0 Å². The molecule has 0 aromatic carbocycles. The minimum atomic E-state index is -0.696. The van der Waals surface area contributed by atoms with E-state index in [-0.39, 0.29) is 12.6 Å². The zero-order valence-electron chi connectivity index (χ0n) is 8.40. The Kier molecular flexibility index (Phi) is 4.47. The number of aryl methyl sites for hydroxylation is 1. The predicted octanol–water partition coefficient (Wildman–Crippen LogP) is 0.455. The van der Waals surface area contributed by atoms with Crippen LogP contribution in [0.3, 0.4) is 0 Å². The number of nitrogens with zero attached hydrogens (tertiary/aromatic N) is 1. The molecule has 80 valence electrons. The molecule has 0 aliphatic heterocycles. The van der Waals surface area contributed by atoms with Gasteiger partial charge in [-0.2, -0.15) is 0 Å². The van der Waals surface area contributed by atoms with Gasteiger partial charge < -0.3 is 15.5 Å². The molecule has 0 spiro atoms. The Hall–Kier alpha value is -0.490. The molecule has 0 saturated heterocycles. The van der Waals surface area contributed by atoms with Crippen molar-refractivity contribution >= 4 is 11.3 Å². The van der Waals surface area contributed by atoms with Crippen LogP contribution >= 0.6 is 11.3 Å². The second-order valence-electron chi connectivity index (χ2n) is 3.29. The highest BCUT2D eigenvalue weighted by molar-refractivity contribution is 7.09. The van der Waals surface area contributed by atoms with Gasteiger partial charge in [-0.25, -0.2) is 4.98 Å². The first-order valence-corrected chi connectivity index (χ1v) is 5.45. The van der Waals surface area contributed by atoms with Crippen LogP contribution in [0.1, 0.15) is 23.7 Å². The molecule has 0 aliphatic carbocycles. The maximum atomic E-state index is 9.13. The summed E-state index contributed by atoms with van der Waals surface area (Å²) in [6, 6.07) is 0.120. The fourth-order valence-corrected chi connectivity index (χ4v) is 1.86.